The van der Waals surface area contributed by atoms with Gasteiger partial charge in [0.1, 0.15) is 0 Å². The number of nitrogens with zero attached hydrogens (tertiary/aromatic N) is 2. The van der Waals surface area contributed by atoms with Crippen LogP contribution in [0.1, 0.15) is 27.8 Å². The highest BCUT2D eigenvalue weighted by Gasteiger charge is 2.19. The highest BCUT2D eigenvalue weighted by molar-refractivity contribution is 6.03. The van der Waals surface area contributed by atoms with Crippen LogP contribution in [0.25, 0.3) is 10.8 Å². The van der Waals surface area contributed by atoms with Gasteiger partial charge in [-0.1, -0.05) is 18.2 Å². The number of benzene rings is 2. The Balaban J connectivity index is 2.04. The molecule has 1 heterocycles. The molecule has 3 rings (SSSR count). The Morgan fingerprint density at radius 3 is 2.38 bits per heavy atom. The fraction of sp³-hybridized carbons (Fsp3) is 0.158. The Hall–Kier alpha value is -3.48. The molecule has 3 aromatic rings. The standard InChI is InChI=1S/C19H16N2O5/c1-11(22)12-8-9-15(16(10-12)25-3)26-19(24)17-13-6-4-5-7-14(13)18(23)21(2)20-17/h4-10H,1-3H3. The van der Waals surface area contributed by atoms with Gasteiger partial charge in [0, 0.05) is 18.0 Å². The van der Waals surface area contributed by atoms with E-state index in [0.29, 0.717) is 16.3 Å². The second-order valence-corrected chi connectivity index (χ2v) is 5.63. The number of hydrogen-bond donors (Lipinski definition) is 0. The number of fused-ring (bicyclic) bond motifs is 1. The number of aryl methyl sites for hydroxylation is 1. The molecule has 7 heteroatoms. The highest BCUT2D eigenvalue weighted by atomic mass is 16.6. The van der Waals surface area contributed by atoms with Gasteiger partial charge < -0.3 is 9.47 Å². The Labute approximate surface area is 148 Å². The van der Waals surface area contributed by atoms with Crippen molar-refractivity contribution in [2.45, 2.75) is 6.92 Å². The van der Waals surface area contributed by atoms with E-state index in [2.05, 4.69) is 5.10 Å². The van der Waals surface area contributed by atoms with Crippen molar-refractivity contribution in [3.8, 4) is 11.5 Å². The smallest absolute Gasteiger partial charge is 0.364 e. The summed E-state index contributed by atoms with van der Waals surface area (Å²) in [6.07, 6.45) is 0. The maximum atomic E-state index is 12.7. The van der Waals surface area contributed by atoms with Gasteiger partial charge in [-0.2, -0.15) is 5.10 Å². The molecule has 0 N–H and O–H groups in total. The molecule has 2 aromatic carbocycles. The maximum Gasteiger partial charge on any atom is 0.364 e. The molecule has 0 bridgehead atoms. The molecule has 1 aromatic heterocycles. The van der Waals surface area contributed by atoms with Crippen molar-refractivity contribution in [3.63, 3.8) is 0 Å². The summed E-state index contributed by atoms with van der Waals surface area (Å²) in [6.45, 7) is 1.43. The van der Waals surface area contributed by atoms with Gasteiger partial charge in [-0.3, -0.25) is 9.59 Å². The van der Waals surface area contributed by atoms with Crippen LogP contribution in [0.4, 0.5) is 0 Å². The zero-order valence-electron chi connectivity index (χ0n) is 14.5. The number of methoxy groups -OCH3 is 1. The number of carbonyl (C=O) groups is 2. The summed E-state index contributed by atoms with van der Waals surface area (Å²) in [6, 6.07) is 11.2. The number of rotatable bonds is 4. The summed E-state index contributed by atoms with van der Waals surface area (Å²) >= 11 is 0. The lowest BCUT2D eigenvalue weighted by molar-refractivity contribution is 0.0723. The summed E-state index contributed by atoms with van der Waals surface area (Å²) in [5.41, 5.74) is 0.147. The first-order chi connectivity index (χ1) is 12.4. The summed E-state index contributed by atoms with van der Waals surface area (Å²) < 4.78 is 11.7. The fourth-order valence-corrected chi connectivity index (χ4v) is 2.57. The molecule has 0 aliphatic rings. The summed E-state index contributed by atoms with van der Waals surface area (Å²) in [4.78, 5) is 36.3. The molecule has 7 nitrogen and oxygen atoms in total. The largest absolute Gasteiger partial charge is 0.493 e. The number of carbonyl (C=O) groups excluding carboxylic acids is 2. The van der Waals surface area contributed by atoms with Crippen LogP contribution in [-0.2, 0) is 7.05 Å². The first kappa shape index (κ1) is 17.3. The van der Waals surface area contributed by atoms with E-state index in [1.165, 1.54) is 33.2 Å². The SMILES string of the molecule is COc1cc(C(C)=O)ccc1OC(=O)c1nn(C)c(=O)c2ccccc12. The van der Waals surface area contributed by atoms with E-state index in [4.69, 9.17) is 9.47 Å². The number of Topliss-reactive ketones (excluding diaryl/α,β-unsaturated/α-hetero) is 1. The predicted molar refractivity (Wildman–Crippen MR) is 94.9 cm³/mol. The quantitative estimate of drug-likeness (QED) is 0.407. The minimum atomic E-state index is -0.731. The monoisotopic (exact) mass is 352 g/mol. The Bertz CT molecular complexity index is 1080. The van der Waals surface area contributed by atoms with Crippen LogP contribution in [0, 0.1) is 0 Å². The lowest BCUT2D eigenvalue weighted by atomic mass is 10.1. The second kappa shape index (κ2) is 6.79. The topological polar surface area (TPSA) is 87.5 Å². The van der Waals surface area contributed by atoms with Crippen LogP contribution >= 0.6 is 0 Å². The first-order valence-electron chi connectivity index (χ1n) is 7.79. The molecule has 0 radical (unpaired) electrons. The van der Waals surface area contributed by atoms with E-state index in [9.17, 15) is 14.4 Å². The zero-order valence-corrected chi connectivity index (χ0v) is 14.5. The normalized spacial score (nSPS) is 10.6. The minimum Gasteiger partial charge on any atom is -0.493 e. The molecule has 0 unspecified atom stereocenters. The van der Waals surface area contributed by atoms with Gasteiger partial charge in [-0.25, -0.2) is 9.48 Å². The van der Waals surface area contributed by atoms with E-state index in [1.807, 2.05) is 0 Å². The average molecular weight is 352 g/mol. The number of ether oxygens (including phenoxy) is 2. The summed E-state index contributed by atoms with van der Waals surface area (Å²) in [5, 5.41) is 4.81. The van der Waals surface area contributed by atoms with Crippen LogP contribution in [0.2, 0.25) is 0 Å². The van der Waals surface area contributed by atoms with Crippen LogP contribution in [-0.4, -0.2) is 28.6 Å². The van der Waals surface area contributed by atoms with Crippen LogP contribution < -0.4 is 15.0 Å². The lowest BCUT2D eigenvalue weighted by Crippen LogP contribution is -2.24. The van der Waals surface area contributed by atoms with Crippen molar-refractivity contribution in [2.24, 2.45) is 7.05 Å². The van der Waals surface area contributed by atoms with Gasteiger partial charge in [-0.15, -0.1) is 0 Å². The molecule has 0 amide bonds. The predicted octanol–water partition coefficient (Wildman–Crippen LogP) is 2.36. The van der Waals surface area contributed by atoms with Crippen molar-refractivity contribution in [3.05, 3.63) is 64.1 Å². The van der Waals surface area contributed by atoms with Crippen molar-refractivity contribution in [1.29, 1.82) is 0 Å². The Morgan fingerprint density at radius 2 is 1.73 bits per heavy atom. The number of esters is 1. The van der Waals surface area contributed by atoms with Gasteiger partial charge in [0.2, 0.25) is 0 Å². The first-order valence-corrected chi connectivity index (χ1v) is 7.79. The van der Waals surface area contributed by atoms with Crippen LogP contribution in [0.5, 0.6) is 11.5 Å². The van der Waals surface area contributed by atoms with Crippen LogP contribution in [0.15, 0.2) is 47.3 Å². The molecule has 0 atom stereocenters. The molecule has 0 aliphatic carbocycles. The van der Waals surface area contributed by atoms with Crippen molar-refractivity contribution < 1.29 is 19.1 Å². The van der Waals surface area contributed by atoms with E-state index in [-0.39, 0.29) is 28.5 Å². The van der Waals surface area contributed by atoms with Crippen LogP contribution in [0.3, 0.4) is 0 Å². The van der Waals surface area contributed by atoms with E-state index in [0.717, 1.165) is 4.68 Å². The molecular formula is C19H16N2O5. The molecule has 0 fully saturated rings. The molecule has 26 heavy (non-hydrogen) atoms. The molecule has 0 spiro atoms. The number of aromatic nitrogens is 2. The summed E-state index contributed by atoms with van der Waals surface area (Å²) in [5.74, 6) is -0.458. The fourth-order valence-electron chi connectivity index (χ4n) is 2.57. The second-order valence-electron chi connectivity index (χ2n) is 5.63. The minimum absolute atomic E-state index is 0.0143. The Kier molecular flexibility index (Phi) is 4.53. The highest BCUT2D eigenvalue weighted by Crippen LogP contribution is 2.29. The lowest BCUT2D eigenvalue weighted by Gasteiger charge is -2.11. The van der Waals surface area contributed by atoms with Gasteiger partial charge in [0.25, 0.3) is 5.56 Å². The number of ketones is 1. The van der Waals surface area contributed by atoms with E-state index >= 15 is 0 Å². The van der Waals surface area contributed by atoms with E-state index in [1.54, 1.807) is 30.3 Å². The van der Waals surface area contributed by atoms with Gasteiger partial charge >= 0.3 is 5.97 Å². The Morgan fingerprint density at radius 1 is 1.04 bits per heavy atom. The number of hydrogen-bond acceptors (Lipinski definition) is 6. The van der Waals surface area contributed by atoms with Crippen molar-refractivity contribution in [2.75, 3.05) is 7.11 Å². The molecule has 0 saturated heterocycles. The average Bonchev–Trinajstić information content (AvgIpc) is 2.64. The third-order valence-corrected chi connectivity index (χ3v) is 3.92. The van der Waals surface area contributed by atoms with Gasteiger partial charge in [0.15, 0.2) is 23.0 Å². The maximum absolute atomic E-state index is 12.7. The molecule has 0 saturated carbocycles. The van der Waals surface area contributed by atoms with Gasteiger partial charge in [0.05, 0.1) is 12.5 Å². The van der Waals surface area contributed by atoms with E-state index < -0.39 is 5.97 Å². The molecule has 132 valence electrons. The third kappa shape index (κ3) is 3.06. The molecule has 0 aliphatic heterocycles. The zero-order chi connectivity index (χ0) is 18.8. The molecular weight excluding hydrogens is 336 g/mol. The third-order valence-electron chi connectivity index (χ3n) is 3.92. The van der Waals surface area contributed by atoms with Gasteiger partial charge in [-0.05, 0) is 31.2 Å². The van der Waals surface area contributed by atoms with Crippen molar-refractivity contribution >= 4 is 22.5 Å². The summed E-state index contributed by atoms with van der Waals surface area (Å²) in [7, 11) is 2.88. The van der Waals surface area contributed by atoms with Crippen molar-refractivity contribution in [1.82, 2.24) is 9.78 Å².